The van der Waals surface area contributed by atoms with E-state index < -0.39 is 0 Å². The van der Waals surface area contributed by atoms with E-state index in [4.69, 9.17) is 0 Å². The van der Waals surface area contributed by atoms with Gasteiger partial charge in [-0.3, -0.25) is 20.4 Å². The van der Waals surface area contributed by atoms with Crippen molar-refractivity contribution in [2.75, 3.05) is 0 Å². The predicted molar refractivity (Wildman–Crippen MR) is 95.3 cm³/mol. The Morgan fingerprint density at radius 3 is 2.52 bits per heavy atom. The monoisotopic (exact) mass is 388 g/mol. The third-order valence-electron chi connectivity index (χ3n) is 3.34. The molecule has 0 aliphatic rings. The average molecular weight is 389 g/mol. The van der Waals surface area contributed by atoms with Gasteiger partial charge in [-0.2, -0.15) is 0 Å². The average Bonchev–Trinajstić information content (AvgIpc) is 2.99. The van der Waals surface area contributed by atoms with Crippen LogP contribution in [0.15, 0.2) is 58.4 Å². The molecule has 3 aromatic rings. The Morgan fingerprint density at radius 2 is 1.74 bits per heavy atom. The van der Waals surface area contributed by atoms with E-state index in [1.807, 2.05) is 42.5 Å². The molecule has 0 aliphatic carbocycles. The molecule has 0 saturated carbocycles. The van der Waals surface area contributed by atoms with Crippen molar-refractivity contribution in [2.24, 2.45) is 0 Å². The second-order valence-corrected chi connectivity index (χ2v) is 7.38. The Bertz CT molecular complexity index is 870. The summed E-state index contributed by atoms with van der Waals surface area (Å²) in [6.07, 6.45) is 0.204. The summed E-state index contributed by atoms with van der Waals surface area (Å²) in [5.41, 5.74) is 5.81. The molecule has 1 heterocycles. The maximum Gasteiger partial charge on any atom is 0.279 e. The molecular weight excluding hydrogens is 376 g/mol. The number of carbonyl (C=O) groups excluding carboxylic acids is 2. The van der Waals surface area contributed by atoms with E-state index in [1.165, 1.54) is 11.3 Å². The highest BCUT2D eigenvalue weighted by Crippen LogP contribution is 2.21. The number of rotatable bonds is 3. The molecule has 0 atom stereocenters. The summed E-state index contributed by atoms with van der Waals surface area (Å²) in [5, 5.41) is 2.13. The highest BCUT2D eigenvalue weighted by molar-refractivity contribution is 9.11. The van der Waals surface area contributed by atoms with Gasteiger partial charge in [-0.1, -0.05) is 42.5 Å². The van der Waals surface area contributed by atoms with Crippen LogP contribution >= 0.6 is 27.3 Å². The zero-order valence-electron chi connectivity index (χ0n) is 12.0. The van der Waals surface area contributed by atoms with Crippen molar-refractivity contribution in [1.82, 2.24) is 10.9 Å². The maximum atomic E-state index is 12.1. The van der Waals surface area contributed by atoms with Crippen LogP contribution in [0, 0.1) is 0 Å². The van der Waals surface area contributed by atoms with Crippen LogP contribution in [0.3, 0.4) is 0 Å². The first-order chi connectivity index (χ1) is 11.1. The highest BCUT2D eigenvalue weighted by atomic mass is 79.9. The summed E-state index contributed by atoms with van der Waals surface area (Å²) in [7, 11) is 0. The Kier molecular flexibility index (Phi) is 4.73. The molecule has 0 spiro atoms. The van der Waals surface area contributed by atoms with Gasteiger partial charge < -0.3 is 0 Å². The van der Waals surface area contributed by atoms with Crippen LogP contribution in [0.1, 0.15) is 15.2 Å². The van der Waals surface area contributed by atoms with E-state index in [0.717, 1.165) is 20.1 Å². The molecule has 6 heteroatoms. The molecule has 23 heavy (non-hydrogen) atoms. The lowest BCUT2D eigenvalue weighted by Crippen LogP contribution is -2.42. The van der Waals surface area contributed by atoms with Crippen LogP contribution in [0.4, 0.5) is 0 Å². The van der Waals surface area contributed by atoms with Gasteiger partial charge in [0, 0.05) is 0 Å². The van der Waals surface area contributed by atoms with E-state index >= 15 is 0 Å². The summed E-state index contributed by atoms with van der Waals surface area (Å²) < 4.78 is 0.865. The molecule has 2 N–H and O–H groups in total. The highest BCUT2D eigenvalue weighted by Gasteiger charge is 2.11. The minimum atomic E-state index is -0.327. The van der Waals surface area contributed by atoms with Gasteiger partial charge in [-0.15, -0.1) is 11.3 Å². The normalized spacial score (nSPS) is 10.5. The largest absolute Gasteiger partial charge is 0.279 e. The Hall–Kier alpha value is -2.18. The molecule has 0 saturated heterocycles. The van der Waals surface area contributed by atoms with Crippen molar-refractivity contribution in [3.8, 4) is 0 Å². The van der Waals surface area contributed by atoms with Crippen molar-refractivity contribution in [3.63, 3.8) is 0 Å². The zero-order chi connectivity index (χ0) is 16.2. The van der Waals surface area contributed by atoms with Gasteiger partial charge in [0.25, 0.3) is 5.91 Å². The Labute approximate surface area is 145 Å². The van der Waals surface area contributed by atoms with Gasteiger partial charge in [0.1, 0.15) is 0 Å². The molecule has 0 fully saturated rings. The van der Waals surface area contributed by atoms with E-state index in [9.17, 15) is 9.59 Å². The number of halogens is 1. The number of hydrogen-bond donors (Lipinski definition) is 2. The third-order valence-corrected chi connectivity index (χ3v) is 4.97. The Balaban J connectivity index is 1.64. The molecule has 1 aromatic heterocycles. The molecule has 116 valence electrons. The van der Waals surface area contributed by atoms with Crippen LogP contribution in [-0.4, -0.2) is 11.8 Å². The number of thiophene rings is 1. The molecule has 4 nitrogen and oxygen atoms in total. The first-order valence-corrected chi connectivity index (χ1v) is 8.55. The first-order valence-electron chi connectivity index (χ1n) is 6.94. The fourth-order valence-electron chi connectivity index (χ4n) is 2.29. The van der Waals surface area contributed by atoms with Gasteiger partial charge in [0.15, 0.2) is 0 Å². The van der Waals surface area contributed by atoms with Crippen molar-refractivity contribution in [3.05, 3.63) is 68.8 Å². The van der Waals surface area contributed by atoms with Crippen molar-refractivity contribution in [1.29, 1.82) is 0 Å². The number of nitrogens with one attached hydrogen (secondary N) is 2. The van der Waals surface area contributed by atoms with Crippen LogP contribution < -0.4 is 10.9 Å². The molecule has 3 rings (SSSR count). The second-order valence-electron chi connectivity index (χ2n) is 4.92. The van der Waals surface area contributed by atoms with Gasteiger partial charge in [-0.25, -0.2) is 0 Å². The lowest BCUT2D eigenvalue weighted by molar-refractivity contribution is -0.121. The van der Waals surface area contributed by atoms with E-state index in [0.29, 0.717) is 4.88 Å². The van der Waals surface area contributed by atoms with Gasteiger partial charge >= 0.3 is 0 Å². The van der Waals surface area contributed by atoms with Crippen LogP contribution in [0.2, 0.25) is 0 Å². The molecule has 0 bridgehead atoms. The van der Waals surface area contributed by atoms with Crippen LogP contribution in [-0.2, 0) is 11.2 Å². The molecular formula is C17H13BrN2O2S. The minimum absolute atomic E-state index is 0.204. The predicted octanol–water partition coefficient (Wildman–Crippen LogP) is 3.67. The van der Waals surface area contributed by atoms with Gasteiger partial charge in [-0.05, 0) is 44.4 Å². The number of hydrazine groups is 1. The minimum Gasteiger partial charge on any atom is -0.273 e. The van der Waals surface area contributed by atoms with Gasteiger partial charge in [0.2, 0.25) is 5.91 Å². The van der Waals surface area contributed by atoms with E-state index in [-0.39, 0.29) is 18.2 Å². The van der Waals surface area contributed by atoms with E-state index in [2.05, 4.69) is 26.8 Å². The molecule has 0 aliphatic heterocycles. The smallest absolute Gasteiger partial charge is 0.273 e. The number of amides is 2. The summed E-state index contributed by atoms with van der Waals surface area (Å²) >= 11 is 4.61. The summed E-state index contributed by atoms with van der Waals surface area (Å²) in [6.45, 7) is 0. The quantitative estimate of drug-likeness (QED) is 0.672. The number of hydrogen-bond acceptors (Lipinski definition) is 3. The molecule has 2 amide bonds. The topological polar surface area (TPSA) is 58.2 Å². The Morgan fingerprint density at radius 1 is 0.957 bits per heavy atom. The van der Waals surface area contributed by atoms with Crippen LogP contribution in [0.5, 0.6) is 0 Å². The lowest BCUT2D eigenvalue weighted by Gasteiger charge is -2.08. The van der Waals surface area contributed by atoms with E-state index in [1.54, 1.807) is 12.1 Å². The number of benzene rings is 2. The third kappa shape index (κ3) is 3.78. The fraction of sp³-hybridized carbons (Fsp3) is 0.0588. The molecule has 0 unspecified atom stereocenters. The van der Waals surface area contributed by atoms with Crippen molar-refractivity contribution < 1.29 is 9.59 Å². The first kappa shape index (κ1) is 15.7. The zero-order valence-corrected chi connectivity index (χ0v) is 14.4. The number of fused-ring (bicyclic) bond motifs is 1. The summed E-state index contributed by atoms with van der Waals surface area (Å²) in [4.78, 5) is 24.5. The maximum absolute atomic E-state index is 12.1. The molecule has 0 radical (unpaired) electrons. The standard InChI is InChI=1S/C17H13BrN2O2S/c18-15-9-8-14(23-15)17(22)20-19-16(21)10-12-6-3-5-11-4-1-2-7-13(11)12/h1-9H,10H2,(H,19,21)(H,20,22). The molecule has 2 aromatic carbocycles. The lowest BCUT2D eigenvalue weighted by atomic mass is 10.0. The van der Waals surface area contributed by atoms with Crippen molar-refractivity contribution >= 4 is 49.9 Å². The SMILES string of the molecule is O=C(Cc1cccc2ccccc12)NNC(=O)c1ccc(Br)s1. The second kappa shape index (κ2) is 6.93. The summed E-state index contributed by atoms with van der Waals surface area (Å²) in [5.74, 6) is -0.586. The fourth-order valence-corrected chi connectivity index (χ4v) is 3.57. The summed E-state index contributed by atoms with van der Waals surface area (Å²) in [6, 6.07) is 17.2. The number of carbonyl (C=O) groups is 2. The van der Waals surface area contributed by atoms with Crippen LogP contribution in [0.25, 0.3) is 10.8 Å². The van der Waals surface area contributed by atoms with Gasteiger partial charge in [0.05, 0.1) is 15.1 Å². The van der Waals surface area contributed by atoms with Crippen molar-refractivity contribution in [2.45, 2.75) is 6.42 Å².